The zero-order chi connectivity index (χ0) is 22.3. The summed E-state index contributed by atoms with van der Waals surface area (Å²) in [4.78, 5) is 9.31. The van der Waals surface area contributed by atoms with Gasteiger partial charge in [-0.05, 0) is 93.0 Å². The Morgan fingerprint density at radius 3 is 2.48 bits per heavy atom. The molecule has 0 bridgehead atoms. The number of fused-ring (bicyclic) bond motifs is 1. The quantitative estimate of drug-likeness (QED) is 0.578. The first-order chi connectivity index (χ1) is 14.6. The van der Waals surface area contributed by atoms with Gasteiger partial charge in [0.05, 0.1) is 23.1 Å². The Bertz CT molecular complexity index is 1240. The van der Waals surface area contributed by atoms with Crippen LogP contribution in [-0.4, -0.2) is 29.9 Å². The van der Waals surface area contributed by atoms with Crippen molar-refractivity contribution in [2.75, 3.05) is 22.6 Å². The molecule has 164 valence electrons. The van der Waals surface area contributed by atoms with Crippen LogP contribution >= 0.6 is 0 Å². The van der Waals surface area contributed by atoms with Crippen molar-refractivity contribution in [3.8, 4) is 0 Å². The largest absolute Gasteiger partial charge is 0.399 e. The number of hydrogen-bond acceptors (Lipinski definition) is 6. The van der Waals surface area contributed by atoms with Crippen LogP contribution in [0, 0.1) is 20.8 Å². The third kappa shape index (κ3) is 4.51. The van der Waals surface area contributed by atoms with Crippen molar-refractivity contribution in [2.45, 2.75) is 52.5 Å². The number of rotatable bonds is 4. The maximum absolute atomic E-state index is 11.8. The Morgan fingerprint density at radius 2 is 1.77 bits per heavy atom. The zero-order valence-corrected chi connectivity index (χ0v) is 19.4. The van der Waals surface area contributed by atoms with E-state index in [2.05, 4.69) is 43.2 Å². The normalized spacial score (nSPS) is 17.5. The van der Waals surface area contributed by atoms with Gasteiger partial charge in [0, 0.05) is 11.1 Å². The molecule has 6 nitrogen and oxygen atoms in total. The Kier molecular flexibility index (Phi) is 5.64. The Morgan fingerprint density at radius 1 is 1.06 bits per heavy atom. The molecule has 3 N–H and O–H groups in total. The van der Waals surface area contributed by atoms with Gasteiger partial charge in [0.25, 0.3) is 0 Å². The monoisotopic (exact) mass is 438 g/mol. The van der Waals surface area contributed by atoms with Crippen molar-refractivity contribution >= 4 is 32.2 Å². The van der Waals surface area contributed by atoms with E-state index in [0.717, 1.165) is 33.5 Å². The lowest BCUT2D eigenvalue weighted by atomic mass is 9.92. The van der Waals surface area contributed by atoms with Gasteiger partial charge in [-0.25, -0.2) is 18.4 Å². The van der Waals surface area contributed by atoms with Gasteiger partial charge in [-0.3, -0.25) is 0 Å². The van der Waals surface area contributed by atoms with Crippen LogP contribution in [0.5, 0.6) is 0 Å². The second-order valence-electron chi connectivity index (χ2n) is 8.74. The molecule has 2 heterocycles. The molecule has 0 amide bonds. The van der Waals surface area contributed by atoms with Crippen molar-refractivity contribution in [2.24, 2.45) is 0 Å². The summed E-state index contributed by atoms with van der Waals surface area (Å²) >= 11 is 0. The first-order valence-corrected chi connectivity index (χ1v) is 12.6. The van der Waals surface area contributed by atoms with Crippen LogP contribution < -0.4 is 11.1 Å². The molecular weight excluding hydrogens is 408 g/mol. The molecule has 1 saturated heterocycles. The van der Waals surface area contributed by atoms with E-state index < -0.39 is 9.84 Å². The predicted octanol–water partition coefficient (Wildman–Crippen LogP) is 4.60. The summed E-state index contributed by atoms with van der Waals surface area (Å²) in [6, 6.07) is 10.3. The molecule has 0 radical (unpaired) electrons. The molecule has 0 saturated carbocycles. The Hall–Kier alpha value is -2.67. The highest BCUT2D eigenvalue weighted by molar-refractivity contribution is 7.91. The molecule has 7 heteroatoms. The van der Waals surface area contributed by atoms with Crippen LogP contribution in [0.4, 0.5) is 11.5 Å². The van der Waals surface area contributed by atoms with Crippen LogP contribution in [0.3, 0.4) is 0 Å². The molecule has 1 fully saturated rings. The molecule has 0 unspecified atom stereocenters. The second kappa shape index (κ2) is 8.11. The standard InChI is InChI=1S/C24H30N4O2S/c1-14-11-20(25)13-21(15(14)2)16(3)26-24-22-12-19(5-6-23(22)27-17(4)28-24)18-7-9-31(29,30)10-8-18/h5-6,11-13,16,18H,7-10,25H2,1-4H3,(H,26,27,28)/t16-/m0/s1. The number of nitrogens with zero attached hydrogens (tertiary/aromatic N) is 2. The topological polar surface area (TPSA) is 98.0 Å². The van der Waals surface area contributed by atoms with E-state index in [1.54, 1.807) is 0 Å². The lowest BCUT2D eigenvalue weighted by Crippen LogP contribution is -2.22. The van der Waals surface area contributed by atoms with E-state index in [0.29, 0.717) is 18.7 Å². The number of benzene rings is 2. The summed E-state index contributed by atoms with van der Waals surface area (Å²) in [6.07, 6.45) is 1.34. The lowest BCUT2D eigenvalue weighted by Gasteiger charge is -2.23. The molecule has 1 atom stereocenters. The summed E-state index contributed by atoms with van der Waals surface area (Å²) in [5, 5.41) is 4.54. The van der Waals surface area contributed by atoms with Crippen LogP contribution in [0.15, 0.2) is 30.3 Å². The van der Waals surface area contributed by atoms with Crippen molar-refractivity contribution in [1.82, 2.24) is 9.97 Å². The van der Waals surface area contributed by atoms with Crippen LogP contribution in [0.2, 0.25) is 0 Å². The fraction of sp³-hybridized carbons (Fsp3) is 0.417. The van der Waals surface area contributed by atoms with Crippen molar-refractivity contribution in [3.63, 3.8) is 0 Å². The van der Waals surface area contributed by atoms with Gasteiger partial charge in [-0.2, -0.15) is 0 Å². The average Bonchev–Trinajstić information content (AvgIpc) is 2.70. The number of nitrogen functional groups attached to an aromatic ring is 1. The number of aromatic nitrogens is 2. The van der Waals surface area contributed by atoms with Crippen molar-refractivity contribution in [3.05, 3.63) is 58.4 Å². The molecule has 0 spiro atoms. The Labute approximate surface area is 184 Å². The molecule has 2 aromatic carbocycles. The van der Waals surface area contributed by atoms with Gasteiger partial charge >= 0.3 is 0 Å². The maximum Gasteiger partial charge on any atom is 0.150 e. The molecule has 4 rings (SSSR count). The summed E-state index contributed by atoms with van der Waals surface area (Å²) in [7, 11) is -2.88. The minimum absolute atomic E-state index is 0.0168. The lowest BCUT2D eigenvalue weighted by molar-refractivity contribution is 0.550. The van der Waals surface area contributed by atoms with E-state index in [1.807, 2.05) is 25.1 Å². The smallest absolute Gasteiger partial charge is 0.150 e. The van der Waals surface area contributed by atoms with Gasteiger partial charge in [0.2, 0.25) is 0 Å². The van der Waals surface area contributed by atoms with Gasteiger partial charge in [0.1, 0.15) is 21.5 Å². The number of anilines is 2. The van der Waals surface area contributed by atoms with Crippen LogP contribution in [0.25, 0.3) is 10.9 Å². The number of nitrogens with two attached hydrogens (primary N) is 1. The third-order valence-electron chi connectivity index (χ3n) is 6.41. The molecule has 0 aliphatic carbocycles. The van der Waals surface area contributed by atoms with Crippen LogP contribution in [-0.2, 0) is 9.84 Å². The molecule has 1 aliphatic rings. The van der Waals surface area contributed by atoms with Gasteiger partial charge in [-0.1, -0.05) is 6.07 Å². The molecule has 31 heavy (non-hydrogen) atoms. The highest BCUT2D eigenvalue weighted by Crippen LogP contribution is 2.34. The average molecular weight is 439 g/mol. The molecule has 1 aliphatic heterocycles. The van der Waals surface area contributed by atoms with Crippen LogP contribution in [0.1, 0.15) is 59.8 Å². The summed E-state index contributed by atoms with van der Waals surface area (Å²) in [5.41, 5.74) is 12.4. The number of sulfone groups is 1. The molecule has 1 aromatic heterocycles. The second-order valence-corrected chi connectivity index (χ2v) is 11.0. The minimum Gasteiger partial charge on any atom is -0.399 e. The predicted molar refractivity (Wildman–Crippen MR) is 127 cm³/mol. The van der Waals surface area contributed by atoms with E-state index in [-0.39, 0.29) is 23.5 Å². The van der Waals surface area contributed by atoms with Gasteiger partial charge in [-0.15, -0.1) is 0 Å². The first-order valence-electron chi connectivity index (χ1n) is 10.7. The highest BCUT2D eigenvalue weighted by atomic mass is 32.2. The SMILES string of the molecule is Cc1nc(N[C@@H](C)c2cc(N)cc(C)c2C)c2cc(C3CCS(=O)(=O)CC3)ccc2n1. The van der Waals surface area contributed by atoms with E-state index in [4.69, 9.17) is 10.7 Å². The van der Waals surface area contributed by atoms with Crippen molar-refractivity contribution in [1.29, 1.82) is 0 Å². The van der Waals surface area contributed by atoms with Gasteiger partial charge in [0.15, 0.2) is 0 Å². The minimum atomic E-state index is -2.88. The Balaban J connectivity index is 1.70. The van der Waals surface area contributed by atoms with Crippen molar-refractivity contribution < 1.29 is 8.42 Å². The highest BCUT2D eigenvalue weighted by Gasteiger charge is 2.25. The number of hydrogen-bond donors (Lipinski definition) is 2. The molecular formula is C24H30N4O2S. The first kappa shape index (κ1) is 21.6. The summed E-state index contributed by atoms with van der Waals surface area (Å²) in [6.45, 7) is 8.19. The summed E-state index contributed by atoms with van der Waals surface area (Å²) in [5.74, 6) is 2.27. The number of nitrogens with one attached hydrogen (secondary N) is 1. The van der Waals surface area contributed by atoms with Gasteiger partial charge < -0.3 is 11.1 Å². The maximum atomic E-state index is 11.8. The molecule has 3 aromatic rings. The number of aryl methyl sites for hydroxylation is 2. The van der Waals surface area contributed by atoms with E-state index in [9.17, 15) is 8.42 Å². The third-order valence-corrected chi connectivity index (χ3v) is 8.12. The van der Waals surface area contributed by atoms with E-state index >= 15 is 0 Å². The zero-order valence-electron chi connectivity index (χ0n) is 18.6. The summed E-state index contributed by atoms with van der Waals surface area (Å²) < 4.78 is 23.6. The fourth-order valence-electron chi connectivity index (χ4n) is 4.50. The fourth-order valence-corrected chi connectivity index (χ4v) is 5.99. The van der Waals surface area contributed by atoms with E-state index in [1.165, 1.54) is 11.1 Å².